The fourth-order valence-corrected chi connectivity index (χ4v) is 4.98. The van der Waals surface area contributed by atoms with Gasteiger partial charge in [-0.05, 0) is 32.4 Å². The Labute approximate surface area is 265 Å². The molecule has 0 aliphatic rings. The third-order valence-corrected chi connectivity index (χ3v) is 7.75. The topological polar surface area (TPSA) is 113 Å². The third kappa shape index (κ3) is 33.2. The van der Waals surface area contributed by atoms with E-state index < -0.39 is 11.9 Å². The molecule has 1 atom stereocenters. The lowest BCUT2D eigenvalue weighted by molar-refractivity contribution is -0.191. The summed E-state index contributed by atoms with van der Waals surface area (Å²) in [7, 11) is 1.29. The van der Waals surface area contributed by atoms with E-state index in [1.165, 1.54) is 149 Å². The molecule has 0 bridgehead atoms. The molecule has 0 saturated heterocycles. The van der Waals surface area contributed by atoms with Crippen LogP contribution in [0.5, 0.6) is 0 Å². The van der Waals surface area contributed by atoms with E-state index in [1.807, 2.05) is 0 Å². The van der Waals surface area contributed by atoms with E-state index in [9.17, 15) is 19.5 Å². The molecule has 1 amide bonds. The van der Waals surface area contributed by atoms with Gasteiger partial charge in [0.2, 0.25) is 0 Å². The Hall–Kier alpha value is -1.51. The van der Waals surface area contributed by atoms with Crippen LogP contribution in [0.4, 0.5) is 0 Å². The van der Waals surface area contributed by atoms with Gasteiger partial charge >= 0.3 is 5.97 Å². The minimum absolute atomic E-state index is 0.0256. The van der Waals surface area contributed by atoms with Gasteiger partial charge < -0.3 is 25.4 Å². The minimum Gasteiger partial charge on any atom is -0.392 e. The summed E-state index contributed by atoms with van der Waals surface area (Å²) >= 11 is 0. The molecule has 0 radical (unpaired) electrons. The van der Waals surface area contributed by atoms with Gasteiger partial charge in [-0.2, -0.15) is 5.06 Å². The number of unbranched alkanes of at least 4 members (excludes halogenated alkanes) is 17. The number of amides is 1. The Morgan fingerprint density at radius 3 is 1.63 bits per heavy atom. The standard InChI is InChI=1S/C28H59NO.C7H12N2O4/c1-4-7-10-12-14-16-17-19-21-23-26-29(25-9-6-3)27-28(30)24-22-20-18-15-13-11-8-5-2;1-9(13-7(12)5-8)6(11)3-2-4-10/h28,30H,4-27H2,1-3H3;4H,2-3,5,8H2,1H3. The van der Waals surface area contributed by atoms with Crippen molar-refractivity contribution >= 4 is 18.2 Å². The number of aldehydes is 1. The first-order valence-corrected chi connectivity index (χ1v) is 17.9. The Balaban J connectivity index is 0. The van der Waals surface area contributed by atoms with Crippen molar-refractivity contribution in [2.75, 3.05) is 33.2 Å². The molecule has 0 spiro atoms. The number of aliphatic hydroxyl groups is 1. The zero-order valence-electron chi connectivity index (χ0n) is 28.8. The summed E-state index contributed by atoms with van der Waals surface area (Å²) in [6.45, 7) is 9.81. The first-order chi connectivity index (χ1) is 20.9. The van der Waals surface area contributed by atoms with Gasteiger partial charge in [0.1, 0.15) is 6.29 Å². The Kier molecular flexibility index (Phi) is 35.5. The summed E-state index contributed by atoms with van der Waals surface area (Å²) in [4.78, 5) is 38.5. The molecule has 0 saturated carbocycles. The number of nitrogens with two attached hydrogens (primary N) is 1. The van der Waals surface area contributed by atoms with Gasteiger partial charge in [-0.15, -0.1) is 0 Å². The summed E-state index contributed by atoms with van der Waals surface area (Å²) < 4.78 is 0. The predicted octanol–water partition coefficient (Wildman–Crippen LogP) is 7.74. The van der Waals surface area contributed by atoms with Gasteiger partial charge in [0.15, 0.2) is 0 Å². The molecular weight excluding hydrogens is 542 g/mol. The van der Waals surface area contributed by atoms with Crippen molar-refractivity contribution in [3.8, 4) is 0 Å². The molecule has 8 heteroatoms. The van der Waals surface area contributed by atoms with Gasteiger partial charge in [0, 0.05) is 26.4 Å². The van der Waals surface area contributed by atoms with Crippen LogP contribution in [0, 0.1) is 0 Å². The SMILES string of the molecule is CCCCCCCCCCCCN(CCCC)CC(O)CCCCCCCCCC.CN(OC(=O)CN)C(=O)CCC=O. The summed E-state index contributed by atoms with van der Waals surface area (Å²) in [5.74, 6) is -1.13. The van der Waals surface area contributed by atoms with E-state index in [0.29, 0.717) is 6.29 Å². The third-order valence-electron chi connectivity index (χ3n) is 7.75. The maximum absolute atomic E-state index is 11.0. The van der Waals surface area contributed by atoms with Crippen molar-refractivity contribution in [2.24, 2.45) is 5.73 Å². The monoisotopic (exact) mass is 614 g/mol. The molecule has 256 valence electrons. The number of hydrogen-bond acceptors (Lipinski definition) is 7. The van der Waals surface area contributed by atoms with Crippen LogP contribution in [0.25, 0.3) is 0 Å². The first-order valence-electron chi connectivity index (χ1n) is 17.9. The first kappa shape index (κ1) is 43.6. The molecule has 0 rings (SSSR count). The van der Waals surface area contributed by atoms with E-state index in [2.05, 4.69) is 30.5 Å². The summed E-state index contributed by atoms with van der Waals surface area (Å²) in [6, 6.07) is 0. The number of hydrogen-bond donors (Lipinski definition) is 2. The number of rotatable bonds is 29. The smallest absolute Gasteiger partial charge is 0.345 e. The highest BCUT2D eigenvalue weighted by Crippen LogP contribution is 2.13. The molecule has 43 heavy (non-hydrogen) atoms. The normalized spacial score (nSPS) is 11.6. The van der Waals surface area contributed by atoms with Gasteiger partial charge in [0.25, 0.3) is 5.91 Å². The zero-order chi connectivity index (χ0) is 32.4. The van der Waals surface area contributed by atoms with Gasteiger partial charge in [-0.1, -0.05) is 136 Å². The second-order valence-corrected chi connectivity index (χ2v) is 12.0. The van der Waals surface area contributed by atoms with Crippen LogP contribution in [-0.4, -0.2) is 72.6 Å². The lowest BCUT2D eigenvalue weighted by atomic mass is 10.0. The summed E-state index contributed by atoms with van der Waals surface area (Å²) in [5, 5.41) is 11.3. The molecule has 0 heterocycles. The molecule has 3 N–H and O–H groups in total. The van der Waals surface area contributed by atoms with Crippen molar-refractivity contribution in [3.05, 3.63) is 0 Å². The average Bonchev–Trinajstić information content (AvgIpc) is 3.00. The molecule has 0 aromatic heterocycles. The predicted molar refractivity (Wildman–Crippen MR) is 180 cm³/mol. The fraction of sp³-hybridized carbons (Fsp3) is 0.914. The highest BCUT2D eigenvalue weighted by atomic mass is 16.7. The maximum Gasteiger partial charge on any atom is 0.345 e. The number of aliphatic hydroxyl groups excluding tert-OH is 1. The molecule has 0 fully saturated rings. The lowest BCUT2D eigenvalue weighted by Crippen LogP contribution is -2.34. The highest BCUT2D eigenvalue weighted by molar-refractivity contribution is 5.79. The average molecular weight is 614 g/mol. The molecule has 0 aliphatic carbocycles. The van der Waals surface area contributed by atoms with Crippen molar-refractivity contribution in [1.29, 1.82) is 0 Å². The van der Waals surface area contributed by atoms with Crippen LogP contribution < -0.4 is 5.73 Å². The van der Waals surface area contributed by atoms with Crippen LogP contribution in [0.1, 0.15) is 168 Å². The van der Waals surface area contributed by atoms with Crippen molar-refractivity contribution in [1.82, 2.24) is 9.96 Å². The zero-order valence-corrected chi connectivity index (χ0v) is 28.8. The van der Waals surface area contributed by atoms with Crippen molar-refractivity contribution < 1.29 is 24.3 Å². The second kappa shape index (κ2) is 35.0. The molecular formula is C35H71N3O5. The molecule has 0 aromatic carbocycles. The number of nitrogens with zero attached hydrogens (tertiary/aromatic N) is 2. The van der Waals surface area contributed by atoms with Crippen LogP contribution in [0.3, 0.4) is 0 Å². The number of carbonyl (C=O) groups excluding carboxylic acids is 3. The van der Waals surface area contributed by atoms with Gasteiger partial charge in [-0.25, -0.2) is 4.79 Å². The van der Waals surface area contributed by atoms with E-state index in [-0.39, 0.29) is 25.5 Å². The van der Waals surface area contributed by atoms with E-state index in [4.69, 9.17) is 5.73 Å². The van der Waals surface area contributed by atoms with Crippen LogP contribution in [0.2, 0.25) is 0 Å². The summed E-state index contributed by atoms with van der Waals surface area (Å²) in [5.41, 5.74) is 4.95. The van der Waals surface area contributed by atoms with E-state index in [0.717, 1.165) is 18.0 Å². The van der Waals surface area contributed by atoms with E-state index in [1.54, 1.807) is 0 Å². The van der Waals surface area contributed by atoms with Crippen molar-refractivity contribution in [2.45, 2.75) is 175 Å². The fourth-order valence-electron chi connectivity index (χ4n) is 4.98. The molecule has 0 aliphatic heterocycles. The largest absolute Gasteiger partial charge is 0.392 e. The molecule has 0 aromatic rings. The maximum atomic E-state index is 11.0. The Morgan fingerprint density at radius 2 is 1.16 bits per heavy atom. The quantitative estimate of drug-likeness (QED) is 0.0504. The van der Waals surface area contributed by atoms with Gasteiger partial charge in [-0.3, -0.25) is 4.79 Å². The van der Waals surface area contributed by atoms with Crippen molar-refractivity contribution in [3.63, 3.8) is 0 Å². The van der Waals surface area contributed by atoms with E-state index >= 15 is 0 Å². The minimum atomic E-state index is -0.693. The summed E-state index contributed by atoms with van der Waals surface area (Å²) in [6.07, 6.45) is 28.9. The van der Waals surface area contributed by atoms with Crippen LogP contribution >= 0.6 is 0 Å². The number of carbonyl (C=O) groups is 3. The Morgan fingerprint density at radius 1 is 0.721 bits per heavy atom. The second-order valence-electron chi connectivity index (χ2n) is 12.0. The van der Waals surface area contributed by atoms with Crippen LogP contribution in [0.15, 0.2) is 0 Å². The molecule has 1 unspecified atom stereocenters. The Bertz CT molecular complexity index is 620. The lowest BCUT2D eigenvalue weighted by Gasteiger charge is -2.25. The highest BCUT2D eigenvalue weighted by Gasteiger charge is 2.13. The number of hydroxylamine groups is 2. The van der Waals surface area contributed by atoms with Gasteiger partial charge in [0.05, 0.1) is 12.6 Å². The van der Waals surface area contributed by atoms with Crippen LogP contribution in [-0.2, 0) is 19.2 Å². The molecule has 8 nitrogen and oxygen atoms in total.